The van der Waals surface area contributed by atoms with E-state index in [2.05, 4.69) is 53.4 Å². The topological polar surface area (TPSA) is 12.0 Å². The van der Waals surface area contributed by atoms with E-state index >= 15 is 0 Å². The Morgan fingerprint density at radius 2 is 1.35 bits per heavy atom. The normalized spacial score (nSPS) is 55.5. The number of hydrogen-bond donors (Lipinski definition) is 1. The molecule has 2 fully saturated rings. The summed E-state index contributed by atoms with van der Waals surface area (Å²) in [6.45, 7) is 18.8. The third kappa shape index (κ3) is 1.87. The minimum absolute atomic E-state index is 0.488. The minimum Gasteiger partial charge on any atom is -0.308 e. The van der Waals surface area contributed by atoms with Crippen LogP contribution in [0.1, 0.15) is 41.5 Å². The largest absolute Gasteiger partial charge is 0.308 e. The molecule has 1 saturated carbocycles. The molecule has 8 atom stereocenters. The molecule has 1 heteroatoms. The van der Waals surface area contributed by atoms with Gasteiger partial charge >= 0.3 is 0 Å². The Morgan fingerprint density at radius 1 is 0.824 bits per heavy atom. The highest BCUT2D eigenvalue weighted by Gasteiger charge is 2.49. The fraction of sp³-hybridized carbons (Fsp3) is 0.875. The van der Waals surface area contributed by atoms with Crippen molar-refractivity contribution in [2.24, 2.45) is 35.5 Å². The summed E-state index contributed by atoms with van der Waals surface area (Å²) in [6, 6.07) is 1.12. The molecule has 0 amide bonds. The van der Waals surface area contributed by atoms with Gasteiger partial charge in [-0.3, -0.25) is 0 Å². The van der Waals surface area contributed by atoms with Gasteiger partial charge < -0.3 is 5.32 Å². The summed E-state index contributed by atoms with van der Waals surface area (Å²) in [6.07, 6.45) is 0. The van der Waals surface area contributed by atoms with E-state index in [1.54, 1.807) is 0 Å². The van der Waals surface area contributed by atoms with Gasteiger partial charge in [-0.05, 0) is 49.4 Å². The molecule has 1 heterocycles. The molecule has 0 bridgehead atoms. The van der Waals surface area contributed by atoms with E-state index in [4.69, 9.17) is 0 Å². The molecular weight excluding hydrogens is 206 g/mol. The fourth-order valence-electron chi connectivity index (χ4n) is 4.57. The highest BCUT2D eigenvalue weighted by atomic mass is 15.0. The Morgan fingerprint density at radius 3 is 1.94 bits per heavy atom. The van der Waals surface area contributed by atoms with Crippen molar-refractivity contribution in [3.8, 4) is 0 Å². The van der Waals surface area contributed by atoms with Crippen LogP contribution < -0.4 is 5.32 Å². The summed E-state index contributed by atoms with van der Waals surface area (Å²) in [5, 5.41) is 3.71. The number of fused-ring (bicyclic) bond motifs is 1. The summed E-state index contributed by atoms with van der Waals surface area (Å²) in [5.74, 6) is 4.74. The lowest BCUT2D eigenvalue weighted by molar-refractivity contribution is -0.00615. The molecule has 2 rings (SSSR count). The van der Waals surface area contributed by atoms with E-state index in [9.17, 15) is 0 Å². The Balaban J connectivity index is 2.35. The second kappa shape index (κ2) is 4.42. The highest BCUT2D eigenvalue weighted by Crippen LogP contribution is 2.51. The van der Waals surface area contributed by atoms with Crippen LogP contribution in [0.15, 0.2) is 12.2 Å². The molecular formula is C16H29N. The first-order valence-corrected chi connectivity index (χ1v) is 7.31. The van der Waals surface area contributed by atoms with Gasteiger partial charge in [0.2, 0.25) is 0 Å². The molecule has 0 aromatic rings. The lowest BCUT2D eigenvalue weighted by Gasteiger charge is -2.55. The molecule has 0 aromatic heterocycles. The van der Waals surface area contributed by atoms with Gasteiger partial charge in [-0.2, -0.15) is 0 Å². The van der Waals surface area contributed by atoms with Crippen LogP contribution in [0.5, 0.6) is 0 Å². The first kappa shape index (κ1) is 13.1. The van der Waals surface area contributed by atoms with Crippen LogP contribution >= 0.6 is 0 Å². The SMILES string of the molecule is C=C1C(C)NC(C)C2C(C)C(C)C(C)C(C)C12. The van der Waals surface area contributed by atoms with Gasteiger partial charge in [0.25, 0.3) is 0 Å². The first-order valence-electron chi connectivity index (χ1n) is 7.31. The summed E-state index contributed by atoms with van der Waals surface area (Å²) in [4.78, 5) is 0. The van der Waals surface area contributed by atoms with Crippen LogP contribution in [0, 0.1) is 35.5 Å². The molecule has 1 aliphatic carbocycles. The van der Waals surface area contributed by atoms with Crippen LogP contribution in [-0.4, -0.2) is 12.1 Å². The molecule has 1 saturated heterocycles. The molecule has 2 aliphatic rings. The standard InChI is InChI=1S/C16H29N/c1-8-9(2)11(4)16-14(7)17-13(6)12(5)15(16)10(8)3/h8-11,13-17H,5H2,1-4,6-7H3. The van der Waals surface area contributed by atoms with E-state index < -0.39 is 0 Å². The predicted octanol–water partition coefficient (Wildman–Crippen LogP) is 3.71. The predicted molar refractivity (Wildman–Crippen MR) is 74.8 cm³/mol. The number of nitrogens with one attached hydrogen (secondary N) is 1. The smallest absolute Gasteiger partial charge is 0.0253 e. The Bertz CT molecular complexity index is 309. The third-order valence-corrected chi connectivity index (χ3v) is 6.15. The van der Waals surface area contributed by atoms with E-state index in [-0.39, 0.29) is 0 Å². The van der Waals surface area contributed by atoms with E-state index in [0.717, 1.165) is 35.5 Å². The second-order valence-corrected chi connectivity index (χ2v) is 6.79. The van der Waals surface area contributed by atoms with Crippen molar-refractivity contribution < 1.29 is 0 Å². The van der Waals surface area contributed by atoms with Crippen LogP contribution in [0.2, 0.25) is 0 Å². The monoisotopic (exact) mass is 235 g/mol. The zero-order chi connectivity index (χ0) is 12.9. The number of hydrogen-bond acceptors (Lipinski definition) is 1. The maximum Gasteiger partial charge on any atom is 0.0253 e. The molecule has 17 heavy (non-hydrogen) atoms. The van der Waals surface area contributed by atoms with Crippen LogP contribution in [0.4, 0.5) is 0 Å². The van der Waals surface area contributed by atoms with Crippen molar-refractivity contribution in [2.45, 2.75) is 53.6 Å². The molecule has 1 N–H and O–H groups in total. The second-order valence-electron chi connectivity index (χ2n) is 6.79. The maximum absolute atomic E-state index is 4.40. The molecule has 1 aliphatic heterocycles. The van der Waals surface area contributed by atoms with Crippen molar-refractivity contribution in [2.75, 3.05) is 0 Å². The van der Waals surface area contributed by atoms with Gasteiger partial charge in [-0.1, -0.05) is 39.8 Å². The molecule has 8 unspecified atom stereocenters. The molecule has 0 aromatic carbocycles. The molecule has 0 spiro atoms. The fourth-order valence-corrected chi connectivity index (χ4v) is 4.57. The van der Waals surface area contributed by atoms with Crippen molar-refractivity contribution >= 4 is 0 Å². The van der Waals surface area contributed by atoms with Gasteiger partial charge in [0.1, 0.15) is 0 Å². The maximum atomic E-state index is 4.40. The van der Waals surface area contributed by atoms with Gasteiger partial charge in [0.15, 0.2) is 0 Å². The Kier molecular flexibility index (Phi) is 3.42. The summed E-state index contributed by atoms with van der Waals surface area (Å²) in [5.41, 5.74) is 1.45. The third-order valence-electron chi connectivity index (χ3n) is 6.15. The van der Waals surface area contributed by atoms with Gasteiger partial charge in [0, 0.05) is 12.1 Å². The van der Waals surface area contributed by atoms with E-state index in [1.807, 2.05) is 0 Å². The number of piperidine rings is 1. The summed E-state index contributed by atoms with van der Waals surface area (Å²) >= 11 is 0. The van der Waals surface area contributed by atoms with Crippen molar-refractivity contribution in [1.29, 1.82) is 0 Å². The zero-order valence-electron chi connectivity index (χ0n) is 12.3. The minimum atomic E-state index is 0.488. The average Bonchev–Trinajstić information content (AvgIpc) is 2.28. The lowest BCUT2D eigenvalue weighted by Crippen LogP contribution is -2.58. The van der Waals surface area contributed by atoms with Crippen molar-refractivity contribution in [3.05, 3.63) is 12.2 Å². The molecule has 0 radical (unpaired) electrons. The van der Waals surface area contributed by atoms with Gasteiger partial charge in [-0.25, -0.2) is 0 Å². The quantitative estimate of drug-likeness (QED) is 0.631. The van der Waals surface area contributed by atoms with Gasteiger partial charge in [0.05, 0.1) is 0 Å². The lowest BCUT2D eigenvalue weighted by atomic mass is 9.53. The zero-order valence-corrected chi connectivity index (χ0v) is 12.3. The van der Waals surface area contributed by atoms with Gasteiger partial charge in [-0.15, -0.1) is 0 Å². The average molecular weight is 235 g/mol. The van der Waals surface area contributed by atoms with Crippen molar-refractivity contribution in [3.63, 3.8) is 0 Å². The molecule has 98 valence electrons. The number of rotatable bonds is 0. The first-order chi connectivity index (χ1) is 7.86. The highest BCUT2D eigenvalue weighted by molar-refractivity contribution is 5.19. The van der Waals surface area contributed by atoms with Crippen molar-refractivity contribution in [1.82, 2.24) is 5.32 Å². The van der Waals surface area contributed by atoms with E-state index in [0.29, 0.717) is 12.1 Å². The van der Waals surface area contributed by atoms with Crippen LogP contribution in [0.3, 0.4) is 0 Å². The van der Waals surface area contributed by atoms with Crippen LogP contribution in [0.25, 0.3) is 0 Å². The van der Waals surface area contributed by atoms with Crippen LogP contribution in [-0.2, 0) is 0 Å². The molecule has 1 nitrogen and oxygen atoms in total. The Hall–Kier alpha value is -0.300. The van der Waals surface area contributed by atoms with E-state index in [1.165, 1.54) is 5.57 Å². The Labute approximate surface area is 107 Å². The summed E-state index contributed by atoms with van der Waals surface area (Å²) < 4.78 is 0. The summed E-state index contributed by atoms with van der Waals surface area (Å²) in [7, 11) is 0.